The van der Waals surface area contributed by atoms with Crippen molar-refractivity contribution in [2.75, 3.05) is 5.32 Å². The van der Waals surface area contributed by atoms with Gasteiger partial charge < -0.3 is 15.8 Å². The lowest BCUT2D eigenvalue weighted by molar-refractivity contribution is -0.0498. The Labute approximate surface area is 120 Å². The van der Waals surface area contributed by atoms with Crippen LogP contribution in [-0.2, 0) is 6.54 Å². The number of alkyl halides is 2. The molecule has 0 aliphatic heterocycles. The van der Waals surface area contributed by atoms with Crippen molar-refractivity contribution < 1.29 is 18.3 Å². The Kier molecular flexibility index (Phi) is 4.84. The van der Waals surface area contributed by atoms with Crippen molar-refractivity contribution in [3.63, 3.8) is 0 Å². The number of benzene rings is 2. The summed E-state index contributed by atoms with van der Waals surface area (Å²) in [7, 11) is 0. The van der Waals surface area contributed by atoms with E-state index in [9.17, 15) is 13.6 Å². The van der Waals surface area contributed by atoms with Gasteiger partial charge in [0.2, 0.25) is 0 Å². The van der Waals surface area contributed by atoms with Crippen molar-refractivity contribution in [1.29, 1.82) is 0 Å². The molecule has 0 aliphatic carbocycles. The third-order valence-corrected chi connectivity index (χ3v) is 2.81. The highest BCUT2D eigenvalue weighted by Crippen LogP contribution is 2.19. The van der Waals surface area contributed by atoms with E-state index < -0.39 is 12.5 Å². The zero-order valence-corrected chi connectivity index (χ0v) is 11.1. The maximum Gasteiger partial charge on any atom is 0.387 e. The van der Waals surface area contributed by atoms with Crippen LogP contribution in [0.2, 0.25) is 0 Å². The first-order chi connectivity index (χ1) is 10.1. The summed E-state index contributed by atoms with van der Waals surface area (Å²) in [5.74, 6) is -0.486. The highest BCUT2D eigenvalue weighted by Gasteiger charge is 2.11. The molecule has 0 unspecified atom stereocenters. The molecule has 6 heteroatoms. The van der Waals surface area contributed by atoms with Crippen molar-refractivity contribution in [3.05, 3.63) is 59.7 Å². The number of halogens is 2. The fourth-order valence-electron chi connectivity index (χ4n) is 1.83. The van der Waals surface area contributed by atoms with Gasteiger partial charge in [-0.2, -0.15) is 8.78 Å². The summed E-state index contributed by atoms with van der Waals surface area (Å²) in [5.41, 5.74) is 7.18. The molecule has 0 spiro atoms. The molecule has 0 heterocycles. The zero-order chi connectivity index (χ0) is 15.2. The van der Waals surface area contributed by atoms with Crippen molar-refractivity contribution in [2.24, 2.45) is 5.73 Å². The second-order valence-electron chi connectivity index (χ2n) is 4.22. The van der Waals surface area contributed by atoms with Crippen molar-refractivity contribution >= 4 is 11.6 Å². The van der Waals surface area contributed by atoms with E-state index >= 15 is 0 Å². The molecule has 0 radical (unpaired) electrons. The predicted octanol–water partition coefficient (Wildman–Crippen LogP) is 3.00. The maximum atomic E-state index is 12.2. The van der Waals surface area contributed by atoms with Crippen LogP contribution in [0.15, 0.2) is 48.5 Å². The second kappa shape index (κ2) is 6.81. The molecule has 0 atom stereocenters. The Morgan fingerprint density at radius 3 is 2.67 bits per heavy atom. The van der Waals surface area contributed by atoms with E-state index in [0.717, 1.165) is 5.56 Å². The second-order valence-corrected chi connectivity index (χ2v) is 4.22. The average Bonchev–Trinajstić information content (AvgIpc) is 2.47. The Hall–Kier alpha value is -2.47. The molecule has 2 aromatic rings. The number of anilines is 1. The van der Waals surface area contributed by atoms with Crippen LogP contribution < -0.4 is 15.8 Å². The molecule has 21 heavy (non-hydrogen) atoms. The number of ether oxygens (including phenoxy) is 1. The normalized spacial score (nSPS) is 10.5. The Balaban J connectivity index is 2.16. The van der Waals surface area contributed by atoms with E-state index in [4.69, 9.17) is 5.73 Å². The summed E-state index contributed by atoms with van der Waals surface area (Å²) in [6.07, 6.45) is 0. The molecule has 2 aromatic carbocycles. The van der Waals surface area contributed by atoms with E-state index in [0.29, 0.717) is 5.69 Å². The highest BCUT2D eigenvalue weighted by molar-refractivity contribution is 6.04. The van der Waals surface area contributed by atoms with Gasteiger partial charge in [-0.1, -0.05) is 24.3 Å². The lowest BCUT2D eigenvalue weighted by Gasteiger charge is -2.10. The Morgan fingerprint density at radius 1 is 1.19 bits per heavy atom. The van der Waals surface area contributed by atoms with E-state index in [1.54, 1.807) is 18.2 Å². The summed E-state index contributed by atoms with van der Waals surface area (Å²) in [4.78, 5) is 12.1. The lowest BCUT2D eigenvalue weighted by Crippen LogP contribution is -2.14. The molecule has 3 N–H and O–H groups in total. The van der Waals surface area contributed by atoms with Crippen LogP contribution in [0.25, 0.3) is 0 Å². The van der Waals surface area contributed by atoms with Gasteiger partial charge in [0.05, 0.1) is 0 Å². The summed E-state index contributed by atoms with van der Waals surface area (Å²) in [6, 6.07) is 12.7. The predicted molar refractivity (Wildman–Crippen MR) is 75.4 cm³/mol. The van der Waals surface area contributed by atoms with E-state index in [-0.39, 0.29) is 17.9 Å². The largest absolute Gasteiger partial charge is 0.435 e. The molecule has 4 nitrogen and oxygen atoms in total. The molecule has 110 valence electrons. The van der Waals surface area contributed by atoms with Crippen LogP contribution in [0, 0.1) is 0 Å². The van der Waals surface area contributed by atoms with Crippen LogP contribution in [0.1, 0.15) is 15.9 Å². The quantitative estimate of drug-likeness (QED) is 0.890. The standard InChI is InChI=1S/C15H14F2N2O2/c16-15(17)21-12-6-3-5-10(8-12)14(20)19-13-7-2-1-4-11(13)9-18/h1-8,15H,9,18H2,(H,19,20). The van der Waals surface area contributed by atoms with Gasteiger partial charge in [-0.15, -0.1) is 0 Å². The SMILES string of the molecule is NCc1ccccc1NC(=O)c1cccc(OC(F)F)c1. The average molecular weight is 292 g/mol. The number of nitrogens with two attached hydrogens (primary N) is 1. The molecule has 1 amide bonds. The fourth-order valence-corrected chi connectivity index (χ4v) is 1.83. The molecule has 0 aliphatic rings. The number of hydrogen-bond acceptors (Lipinski definition) is 3. The van der Waals surface area contributed by atoms with Gasteiger partial charge in [0, 0.05) is 17.8 Å². The van der Waals surface area contributed by atoms with Crippen LogP contribution in [0.4, 0.5) is 14.5 Å². The number of rotatable bonds is 5. The zero-order valence-electron chi connectivity index (χ0n) is 11.1. The van der Waals surface area contributed by atoms with Crippen LogP contribution in [-0.4, -0.2) is 12.5 Å². The van der Waals surface area contributed by atoms with Gasteiger partial charge in [-0.05, 0) is 29.8 Å². The first-order valence-corrected chi connectivity index (χ1v) is 6.24. The number of amides is 1. The first kappa shape index (κ1) is 14.9. The van der Waals surface area contributed by atoms with Crippen LogP contribution in [0.3, 0.4) is 0 Å². The topological polar surface area (TPSA) is 64.3 Å². The minimum Gasteiger partial charge on any atom is -0.435 e. The Morgan fingerprint density at radius 2 is 1.95 bits per heavy atom. The fraction of sp³-hybridized carbons (Fsp3) is 0.133. The number of para-hydroxylation sites is 1. The number of carbonyl (C=O) groups is 1. The summed E-state index contributed by atoms with van der Waals surface area (Å²) >= 11 is 0. The van der Waals surface area contributed by atoms with E-state index in [1.165, 1.54) is 24.3 Å². The van der Waals surface area contributed by atoms with Crippen LogP contribution in [0.5, 0.6) is 5.75 Å². The number of nitrogens with one attached hydrogen (secondary N) is 1. The summed E-state index contributed by atoms with van der Waals surface area (Å²) in [5, 5.41) is 2.70. The molecule has 0 aromatic heterocycles. The number of hydrogen-bond donors (Lipinski definition) is 2. The van der Waals surface area contributed by atoms with Crippen molar-refractivity contribution in [3.8, 4) is 5.75 Å². The molecule has 0 saturated heterocycles. The summed E-state index contributed by atoms with van der Waals surface area (Å²) < 4.78 is 28.6. The summed E-state index contributed by atoms with van der Waals surface area (Å²) in [6.45, 7) is -2.65. The molecule has 0 bridgehead atoms. The van der Waals surface area contributed by atoms with Gasteiger partial charge in [0.1, 0.15) is 5.75 Å². The van der Waals surface area contributed by atoms with Gasteiger partial charge in [0.15, 0.2) is 0 Å². The first-order valence-electron chi connectivity index (χ1n) is 6.24. The molecule has 2 rings (SSSR count). The van der Waals surface area contributed by atoms with Crippen molar-refractivity contribution in [1.82, 2.24) is 0 Å². The maximum absolute atomic E-state index is 12.2. The smallest absolute Gasteiger partial charge is 0.387 e. The molecule has 0 fully saturated rings. The van der Waals surface area contributed by atoms with Gasteiger partial charge in [0.25, 0.3) is 5.91 Å². The van der Waals surface area contributed by atoms with Gasteiger partial charge in [-0.3, -0.25) is 4.79 Å². The van der Waals surface area contributed by atoms with Crippen molar-refractivity contribution in [2.45, 2.75) is 13.2 Å². The van der Waals surface area contributed by atoms with Gasteiger partial charge >= 0.3 is 6.61 Å². The monoisotopic (exact) mass is 292 g/mol. The third kappa shape index (κ3) is 4.00. The Bertz CT molecular complexity index is 633. The minimum absolute atomic E-state index is 0.0650. The molecular formula is C15H14F2N2O2. The molecular weight excluding hydrogens is 278 g/mol. The van der Waals surface area contributed by atoms with Crippen LogP contribution >= 0.6 is 0 Å². The lowest BCUT2D eigenvalue weighted by atomic mass is 10.1. The third-order valence-electron chi connectivity index (χ3n) is 2.81. The molecule has 0 saturated carbocycles. The number of carbonyl (C=O) groups excluding carboxylic acids is 1. The van der Waals surface area contributed by atoms with E-state index in [2.05, 4.69) is 10.1 Å². The van der Waals surface area contributed by atoms with E-state index in [1.807, 2.05) is 6.07 Å². The highest BCUT2D eigenvalue weighted by atomic mass is 19.3. The minimum atomic E-state index is -2.93. The van der Waals surface area contributed by atoms with Gasteiger partial charge in [-0.25, -0.2) is 0 Å².